The molecule has 0 saturated heterocycles. The summed E-state index contributed by atoms with van der Waals surface area (Å²) in [4.78, 5) is 0. The van der Waals surface area contributed by atoms with Crippen LogP contribution < -0.4 is 5.73 Å². The molecule has 0 fully saturated rings. The average molecular weight is 262 g/mol. The number of nitrogens with two attached hydrogens (primary N) is 1. The quantitative estimate of drug-likeness (QED) is 0.733. The first-order valence-electron chi connectivity index (χ1n) is 6.67. The van der Waals surface area contributed by atoms with Crippen molar-refractivity contribution in [2.75, 3.05) is 0 Å². The van der Waals surface area contributed by atoms with Crippen molar-refractivity contribution >= 4 is 0 Å². The largest absolute Gasteiger partial charge is 0.321 e. The lowest BCUT2D eigenvalue weighted by Crippen LogP contribution is -2.23. The Hall–Kier alpha value is -2.46. The Morgan fingerprint density at radius 2 is 1.90 bits per heavy atom. The van der Waals surface area contributed by atoms with Crippen LogP contribution in [0, 0.1) is 0 Å². The second-order valence-electron chi connectivity index (χ2n) is 5.08. The lowest BCUT2D eigenvalue weighted by molar-refractivity contribution is 0.622. The van der Waals surface area contributed by atoms with E-state index in [2.05, 4.69) is 52.7 Å². The topological polar surface area (TPSA) is 56.7 Å². The molecule has 2 heterocycles. The molecular formula is C16H14N4. The molecule has 2 N–H and O–H groups in total. The molecule has 1 unspecified atom stereocenters. The predicted octanol–water partition coefficient (Wildman–Crippen LogP) is 2.49. The first-order valence-corrected chi connectivity index (χ1v) is 6.67. The molecule has 1 aliphatic rings. The zero-order valence-corrected chi connectivity index (χ0v) is 10.9. The SMILES string of the molecule is NC1Cc2cc(-c3ccccc3)ccc2-n2cnnc21. The number of aromatic nitrogens is 3. The first kappa shape index (κ1) is 11.4. The third-order valence-corrected chi connectivity index (χ3v) is 3.79. The van der Waals surface area contributed by atoms with Crippen LogP contribution in [0.4, 0.5) is 0 Å². The van der Waals surface area contributed by atoms with Gasteiger partial charge >= 0.3 is 0 Å². The molecule has 3 aromatic rings. The minimum Gasteiger partial charge on any atom is -0.321 e. The summed E-state index contributed by atoms with van der Waals surface area (Å²) in [6.45, 7) is 0. The molecule has 1 aliphatic heterocycles. The highest BCUT2D eigenvalue weighted by Crippen LogP contribution is 2.31. The predicted molar refractivity (Wildman–Crippen MR) is 77.4 cm³/mol. The van der Waals surface area contributed by atoms with Gasteiger partial charge in [0.2, 0.25) is 0 Å². The van der Waals surface area contributed by atoms with Gasteiger partial charge in [0.05, 0.1) is 11.7 Å². The third-order valence-electron chi connectivity index (χ3n) is 3.79. The van der Waals surface area contributed by atoms with Gasteiger partial charge in [-0.15, -0.1) is 10.2 Å². The summed E-state index contributed by atoms with van der Waals surface area (Å²) in [6.07, 6.45) is 2.53. The van der Waals surface area contributed by atoms with Crippen molar-refractivity contribution in [2.45, 2.75) is 12.5 Å². The molecule has 1 aromatic heterocycles. The van der Waals surface area contributed by atoms with E-state index < -0.39 is 0 Å². The normalized spacial score (nSPS) is 16.6. The van der Waals surface area contributed by atoms with E-state index in [1.54, 1.807) is 6.33 Å². The van der Waals surface area contributed by atoms with Crippen LogP contribution >= 0.6 is 0 Å². The monoisotopic (exact) mass is 262 g/mol. The van der Waals surface area contributed by atoms with E-state index in [1.165, 1.54) is 16.7 Å². The molecule has 0 saturated carbocycles. The lowest BCUT2D eigenvalue weighted by atomic mass is 9.95. The third kappa shape index (κ3) is 1.66. The summed E-state index contributed by atoms with van der Waals surface area (Å²) in [5.41, 5.74) is 11.0. The van der Waals surface area contributed by atoms with Crippen LogP contribution in [-0.2, 0) is 6.42 Å². The minimum absolute atomic E-state index is 0.0870. The van der Waals surface area contributed by atoms with E-state index in [0.717, 1.165) is 17.9 Å². The molecule has 0 bridgehead atoms. The van der Waals surface area contributed by atoms with Gasteiger partial charge in [-0.1, -0.05) is 36.4 Å². The van der Waals surface area contributed by atoms with E-state index >= 15 is 0 Å². The Morgan fingerprint density at radius 1 is 1.05 bits per heavy atom. The second-order valence-corrected chi connectivity index (χ2v) is 5.08. The van der Waals surface area contributed by atoms with Crippen molar-refractivity contribution < 1.29 is 0 Å². The molecule has 1 atom stereocenters. The number of hydrogen-bond donors (Lipinski definition) is 1. The van der Waals surface area contributed by atoms with Gasteiger partial charge < -0.3 is 5.73 Å². The molecule has 0 radical (unpaired) electrons. The van der Waals surface area contributed by atoms with Crippen molar-refractivity contribution in [1.82, 2.24) is 14.8 Å². The van der Waals surface area contributed by atoms with Crippen LogP contribution in [-0.4, -0.2) is 14.8 Å². The molecule has 0 aliphatic carbocycles. The maximum atomic E-state index is 6.17. The molecule has 0 amide bonds. The summed E-state index contributed by atoms with van der Waals surface area (Å²) in [7, 11) is 0. The average Bonchev–Trinajstić information content (AvgIpc) is 2.98. The summed E-state index contributed by atoms with van der Waals surface area (Å²) in [5.74, 6) is 0.838. The number of hydrogen-bond acceptors (Lipinski definition) is 3. The summed E-state index contributed by atoms with van der Waals surface area (Å²) in [5, 5.41) is 8.07. The molecule has 4 rings (SSSR count). The zero-order chi connectivity index (χ0) is 13.5. The number of benzene rings is 2. The molecule has 2 aromatic carbocycles. The first-order chi connectivity index (χ1) is 9.83. The minimum atomic E-state index is -0.0870. The van der Waals surface area contributed by atoms with Crippen LogP contribution in [0.2, 0.25) is 0 Å². The fraction of sp³-hybridized carbons (Fsp3) is 0.125. The maximum Gasteiger partial charge on any atom is 0.154 e. The Bertz CT molecular complexity index is 761. The molecule has 4 nitrogen and oxygen atoms in total. The van der Waals surface area contributed by atoms with Crippen LogP contribution in [0.15, 0.2) is 54.9 Å². The van der Waals surface area contributed by atoms with E-state index in [-0.39, 0.29) is 6.04 Å². The number of fused-ring (bicyclic) bond motifs is 3. The fourth-order valence-corrected chi connectivity index (χ4v) is 2.80. The van der Waals surface area contributed by atoms with Crippen molar-refractivity contribution in [1.29, 1.82) is 0 Å². The Labute approximate surface area is 116 Å². The van der Waals surface area contributed by atoms with E-state index in [4.69, 9.17) is 5.73 Å². The van der Waals surface area contributed by atoms with Crippen LogP contribution in [0.5, 0.6) is 0 Å². The van der Waals surface area contributed by atoms with Gasteiger partial charge in [-0.25, -0.2) is 0 Å². The summed E-state index contributed by atoms with van der Waals surface area (Å²) >= 11 is 0. The fourth-order valence-electron chi connectivity index (χ4n) is 2.80. The molecular weight excluding hydrogens is 248 g/mol. The van der Waals surface area contributed by atoms with E-state index in [0.29, 0.717) is 0 Å². The van der Waals surface area contributed by atoms with E-state index in [9.17, 15) is 0 Å². The molecule has 20 heavy (non-hydrogen) atoms. The van der Waals surface area contributed by atoms with Crippen molar-refractivity contribution in [2.24, 2.45) is 5.73 Å². The zero-order valence-electron chi connectivity index (χ0n) is 10.9. The standard InChI is InChI=1S/C16H14N4/c17-14-9-13-8-12(11-4-2-1-3-5-11)6-7-15(13)20-10-18-19-16(14)20/h1-8,10,14H,9,17H2. The van der Waals surface area contributed by atoms with Crippen LogP contribution in [0.1, 0.15) is 17.4 Å². The van der Waals surface area contributed by atoms with Gasteiger partial charge in [-0.3, -0.25) is 4.57 Å². The summed E-state index contributed by atoms with van der Waals surface area (Å²) in [6, 6.07) is 16.8. The summed E-state index contributed by atoms with van der Waals surface area (Å²) < 4.78 is 1.98. The van der Waals surface area contributed by atoms with Crippen molar-refractivity contribution in [3.63, 3.8) is 0 Å². The number of rotatable bonds is 1. The van der Waals surface area contributed by atoms with Gasteiger partial charge in [0.1, 0.15) is 6.33 Å². The smallest absolute Gasteiger partial charge is 0.154 e. The Kier molecular flexibility index (Phi) is 2.44. The molecule has 98 valence electrons. The number of nitrogens with zero attached hydrogens (tertiary/aromatic N) is 3. The molecule has 0 spiro atoms. The Morgan fingerprint density at radius 3 is 2.75 bits per heavy atom. The van der Waals surface area contributed by atoms with Gasteiger partial charge in [0.15, 0.2) is 5.82 Å². The van der Waals surface area contributed by atoms with Gasteiger partial charge in [-0.2, -0.15) is 0 Å². The second kappa shape index (κ2) is 4.28. The molecule has 4 heteroatoms. The van der Waals surface area contributed by atoms with Gasteiger partial charge in [0, 0.05) is 0 Å². The van der Waals surface area contributed by atoms with Crippen LogP contribution in [0.3, 0.4) is 0 Å². The highest BCUT2D eigenvalue weighted by atomic mass is 15.3. The van der Waals surface area contributed by atoms with Crippen molar-refractivity contribution in [3.8, 4) is 16.8 Å². The van der Waals surface area contributed by atoms with E-state index in [1.807, 2.05) is 10.6 Å². The highest BCUT2D eigenvalue weighted by molar-refractivity contribution is 5.67. The lowest BCUT2D eigenvalue weighted by Gasteiger charge is -2.23. The van der Waals surface area contributed by atoms with Crippen LogP contribution in [0.25, 0.3) is 16.8 Å². The highest BCUT2D eigenvalue weighted by Gasteiger charge is 2.23. The van der Waals surface area contributed by atoms with Crippen molar-refractivity contribution in [3.05, 3.63) is 66.2 Å². The Balaban J connectivity index is 1.86. The van der Waals surface area contributed by atoms with Gasteiger partial charge in [-0.05, 0) is 35.2 Å². The van der Waals surface area contributed by atoms with Gasteiger partial charge in [0.25, 0.3) is 0 Å². The maximum absolute atomic E-state index is 6.17.